The molecule has 1 fully saturated rings. The summed E-state index contributed by atoms with van der Waals surface area (Å²) in [5.74, 6) is 0.405. The maximum Gasteiger partial charge on any atom is 0.246 e. The van der Waals surface area contributed by atoms with Crippen LogP contribution in [0.15, 0.2) is 34.1 Å². The van der Waals surface area contributed by atoms with Crippen molar-refractivity contribution in [2.24, 2.45) is 0 Å². The standard InChI is InChI=1S/C13H16ClN3O2S2/c14-4-5-16-9-13(7-15-16)21(18,19)17(12-1-2-12)8-11-3-6-20-10-11/h3,6-7,9-10,12H,1-2,4-5,8H2. The smallest absolute Gasteiger partial charge is 0.246 e. The van der Waals surface area contributed by atoms with E-state index in [1.165, 1.54) is 6.20 Å². The van der Waals surface area contributed by atoms with Gasteiger partial charge < -0.3 is 0 Å². The minimum Gasteiger partial charge on any atom is -0.270 e. The highest BCUT2D eigenvalue weighted by molar-refractivity contribution is 7.89. The quantitative estimate of drug-likeness (QED) is 0.725. The molecular weight excluding hydrogens is 330 g/mol. The summed E-state index contributed by atoms with van der Waals surface area (Å²) < 4.78 is 28.8. The number of hydrogen-bond acceptors (Lipinski definition) is 4. The SMILES string of the molecule is O=S(=O)(c1cnn(CCCl)c1)N(Cc1ccsc1)C1CC1. The van der Waals surface area contributed by atoms with E-state index < -0.39 is 10.0 Å². The van der Waals surface area contributed by atoms with Crippen LogP contribution < -0.4 is 0 Å². The van der Waals surface area contributed by atoms with Gasteiger partial charge in [0.2, 0.25) is 10.0 Å². The van der Waals surface area contributed by atoms with Crippen molar-refractivity contribution in [3.63, 3.8) is 0 Å². The van der Waals surface area contributed by atoms with E-state index in [0.29, 0.717) is 19.0 Å². The van der Waals surface area contributed by atoms with Crippen molar-refractivity contribution in [2.45, 2.75) is 36.9 Å². The van der Waals surface area contributed by atoms with Crippen LogP contribution in [0.25, 0.3) is 0 Å². The number of hydrogen-bond donors (Lipinski definition) is 0. The number of halogens is 1. The molecule has 21 heavy (non-hydrogen) atoms. The van der Waals surface area contributed by atoms with Crippen molar-refractivity contribution in [2.75, 3.05) is 5.88 Å². The van der Waals surface area contributed by atoms with E-state index in [-0.39, 0.29) is 10.9 Å². The fraction of sp³-hybridized carbons (Fsp3) is 0.462. The maximum absolute atomic E-state index is 12.8. The molecule has 0 saturated heterocycles. The van der Waals surface area contributed by atoms with Crippen molar-refractivity contribution < 1.29 is 8.42 Å². The number of rotatable bonds is 7. The van der Waals surface area contributed by atoms with Gasteiger partial charge in [0.25, 0.3) is 0 Å². The minimum absolute atomic E-state index is 0.117. The Bertz CT molecular complexity index is 693. The Morgan fingerprint density at radius 1 is 1.48 bits per heavy atom. The fourth-order valence-corrected chi connectivity index (χ4v) is 4.62. The molecular formula is C13H16ClN3O2S2. The highest BCUT2D eigenvalue weighted by Crippen LogP contribution is 2.33. The molecule has 0 unspecified atom stereocenters. The molecule has 8 heteroatoms. The van der Waals surface area contributed by atoms with Crippen LogP contribution in [0.2, 0.25) is 0 Å². The molecule has 0 atom stereocenters. The number of nitrogens with zero attached hydrogens (tertiary/aromatic N) is 3. The lowest BCUT2D eigenvalue weighted by Gasteiger charge is -2.20. The van der Waals surface area contributed by atoms with Gasteiger partial charge in [-0.05, 0) is 35.2 Å². The number of aromatic nitrogens is 2. The summed E-state index contributed by atoms with van der Waals surface area (Å²) in [5, 5.41) is 8.01. The molecule has 0 aromatic carbocycles. The number of sulfonamides is 1. The summed E-state index contributed by atoms with van der Waals surface area (Å²) in [6.45, 7) is 0.933. The van der Waals surface area contributed by atoms with Crippen LogP contribution in [0.4, 0.5) is 0 Å². The Kier molecular flexibility index (Phi) is 4.35. The summed E-state index contributed by atoms with van der Waals surface area (Å²) in [6.07, 6.45) is 4.82. The molecule has 0 aliphatic heterocycles. The molecule has 1 saturated carbocycles. The molecule has 2 heterocycles. The van der Waals surface area contributed by atoms with E-state index in [2.05, 4.69) is 5.10 Å². The van der Waals surface area contributed by atoms with Crippen molar-refractivity contribution in [3.8, 4) is 0 Å². The monoisotopic (exact) mass is 345 g/mol. The fourth-order valence-electron chi connectivity index (χ4n) is 2.16. The molecule has 114 valence electrons. The molecule has 0 bridgehead atoms. The van der Waals surface area contributed by atoms with Gasteiger partial charge in [-0.1, -0.05) is 0 Å². The van der Waals surface area contributed by atoms with Crippen molar-refractivity contribution in [1.29, 1.82) is 0 Å². The van der Waals surface area contributed by atoms with Crippen molar-refractivity contribution in [1.82, 2.24) is 14.1 Å². The zero-order valence-electron chi connectivity index (χ0n) is 11.4. The topological polar surface area (TPSA) is 55.2 Å². The van der Waals surface area contributed by atoms with Crippen LogP contribution in [-0.2, 0) is 23.1 Å². The molecule has 2 aromatic rings. The molecule has 1 aliphatic rings. The number of alkyl halides is 1. The Balaban J connectivity index is 1.85. The van der Waals surface area contributed by atoms with Gasteiger partial charge >= 0.3 is 0 Å². The summed E-state index contributed by atoms with van der Waals surface area (Å²) in [6, 6.07) is 2.08. The van der Waals surface area contributed by atoms with Crippen LogP contribution in [0.5, 0.6) is 0 Å². The Labute approximate surface area is 133 Å². The molecule has 0 amide bonds. The van der Waals surface area contributed by atoms with Gasteiger partial charge in [-0.25, -0.2) is 8.42 Å². The molecule has 0 spiro atoms. The Morgan fingerprint density at radius 2 is 2.29 bits per heavy atom. The number of aryl methyl sites for hydroxylation is 1. The Hall–Kier alpha value is -0.890. The van der Waals surface area contributed by atoms with E-state index in [1.54, 1.807) is 26.5 Å². The summed E-state index contributed by atoms with van der Waals surface area (Å²) in [7, 11) is -3.50. The third-order valence-electron chi connectivity index (χ3n) is 3.40. The molecule has 0 N–H and O–H groups in total. The van der Waals surface area contributed by atoms with Gasteiger partial charge in [-0.15, -0.1) is 11.6 Å². The van der Waals surface area contributed by atoms with E-state index in [1.807, 2.05) is 16.8 Å². The van der Waals surface area contributed by atoms with Gasteiger partial charge in [0.15, 0.2) is 0 Å². The first-order valence-electron chi connectivity index (χ1n) is 6.72. The van der Waals surface area contributed by atoms with Crippen LogP contribution in [0.1, 0.15) is 18.4 Å². The average molecular weight is 346 g/mol. The van der Waals surface area contributed by atoms with Crippen molar-refractivity contribution in [3.05, 3.63) is 34.8 Å². The second-order valence-corrected chi connectivity index (χ2v) is 8.09. The van der Waals surface area contributed by atoms with Gasteiger partial charge in [0.05, 0.1) is 12.7 Å². The predicted octanol–water partition coefficient (Wildman–Crippen LogP) is 2.54. The Morgan fingerprint density at radius 3 is 2.90 bits per heavy atom. The van der Waals surface area contributed by atoms with Crippen LogP contribution >= 0.6 is 22.9 Å². The molecule has 2 aromatic heterocycles. The van der Waals surface area contributed by atoms with Gasteiger partial charge in [0.1, 0.15) is 4.90 Å². The first-order chi connectivity index (χ1) is 10.1. The van der Waals surface area contributed by atoms with E-state index in [4.69, 9.17) is 11.6 Å². The zero-order valence-corrected chi connectivity index (χ0v) is 13.7. The van der Waals surface area contributed by atoms with Crippen molar-refractivity contribution >= 4 is 33.0 Å². The lowest BCUT2D eigenvalue weighted by Crippen LogP contribution is -2.32. The molecule has 5 nitrogen and oxygen atoms in total. The third-order valence-corrected chi connectivity index (χ3v) is 6.15. The second-order valence-electron chi connectivity index (χ2n) is 5.04. The van der Waals surface area contributed by atoms with Gasteiger partial charge in [-0.2, -0.15) is 20.7 Å². The van der Waals surface area contributed by atoms with Gasteiger partial charge in [-0.3, -0.25) is 4.68 Å². The van der Waals surface area contributed by atoms with Crippen LogP contribution in [0.3, 0.4) is 0 Å². The summed E-state index contributed by atoms with van der Waals surface area (Å²) >= 11 is 7.24. The molecule has 0 radical (unpaired) electrons. The predicted molar refractivity (Wildman–Crippen MR) is 83.0 cm³/mol. The molecule has 1 aliphatic carbocycles. The maximum atomic E-state index is 12.8. The first kappa shape index (κ1) is 15.0. The van der Waals surface area contributed by atoms with E-state index in [9.17, 15) is 8.42 Å². The normalized spacial score (nSPS) is 15.7. The minimum atomic E-state index is -3.50. The van der Waals surface area contributed by atoms with E-state index in [0.717, 1.165) is 18.4 Å². The highest BCUT2D eigenvalue weighted by atomic mass is 35.5. The second kappa shape index (κ2) is 6.08. The first-order valence-corrected chi connectivity index (χ1v) is 9.64. The van der Waals surface area contributed by atoms with Gasteiger partial charge in [0, 0.05) is 24.7 Å². The average Bonchev–Trinajstić information content (AvgIpc) is 2.96. The summed E-state index contributed by atoms with van der Waals surface area (Å²) in [4.78, 5) is 0.245. The van der Waals surface area contributed by atoms with Crippen LogP contribution in [-0.4, -0.2) is 34.4 Å². The largest absolute Gasteiger partial charge is 0.270 e. The summed E-state index contributed by atoms with van der Waals surface area (Å²) in [5.41, 5.74) is 1.03. The third kappa shape index (κ3) is 3.31. The lowest BCUT2D eigenvalue weighted by atomic mass is 10.3. The highest BCUT2D eigenvalue weighted by Gasteiger charge is 2.38. The van der Waals surface area contributed by atoms with E-state index >= 15 is 0 Å². The number of thiophene rings is 1. The van der Waals surface area contributed by atoms with Crippen LogP contribution in [0, 0.1) is 0 Å². The molecule has 3 rings (SSSR count). The lowest BCUT2D eigenvalue weighted by molar-refractivity contribution is 0.399. The zero-order chi connectivity index (χ0) is 14.9.